The van der Waals surface area contributed by atoms with Crippen LogP contribution in [0.3, 0.4) is 0 Å². The van der Waals surface area contributed by atoms with Crippen molar-refractivity contribution in [2.24, 2.45) is 26.9 Å². The lowest BCUT2D eigenvalue weighted by Gasteiger charge is -2.22. The van der Waals surface area contributed by atoms with Crippen LogP contribution in [-0.4, -0.2) is 74.6 Å². The van der Waals surface area contributed by atoms with E-state index in [1.807, 2.05) is 17.0 Å². The number of hydrogen-bond acceptors (Lipinski definition) is 6. The van der Waals surface area contributed by atoms with E-state index in [4.69, 9.17) is 28.9 Å². The van der Waals surface area contributed by atoms with Crippen LogP contribution in [-0.2, 0) is 25.9 Å². The molecule has 6 N–H and O–H groups in total. The van der Waals surface area contributed by atoms with Gasteiger partial charge in [0.25, 0.3) is 23.6 Å². The molecule has 4 aromatic rings. The second-order valence-corrected chi connectivity index (χ2v) is 11.7. The maximum atomic E-state index is 13.2. The highest BCUT2D eigenvalue weighted by molar-refractivity contribution is 6.18. The van der Waals surface area contributed by atoms with Gasteiger partial charge in [0, 0.05) is 88.8 Å². The standard InChI is InChI=1S/C32H37Cl2N9O5/c1-40-18-22(14-25(40)30(46)36-11-8-28(35)44)38-32(48)27-16-23(19-42(27)3)39-31(47)26-15-21(17-41(26)2)37-29(45)20-4-6-24(7-5-20)43(12-9-33)13-10-34/h4-7,14-19H,8-13H2,1-3H3,(H2,35,44)(H,36,46)(H,37,45)(H,38,48)(H,39,47). The molecule has 254 valence electrons. The Morgan fingerprint density at radius 2 is 1.08 bits per heavy atom. The Morgan fingerprint density at radius 3 is 1.50 bits per heavy atom. The largest absolute Gasteiger partial charge is 0.370 e. The Labute approximate surface area is 287 Å². The molecule has 3 heterocycles. The molecule has 0 atom stereocenters. The van der Waals surface area contributed by atoms with Crippen LogP contribution in [0.5, 0.6) is 0 Å². The second kappa shape index (κ2) is 16.1. The van der Waals surface area contributed by atoms with Gasteiger partial charge >= 0.3 is 0 Å². The number of alkyl halides is 2. The van der Waals surface area contributed by atoms with E-state index in [9.17, 15) is 24.0 Å². The third kappa shape index (κ3) is 8.98. The lowest BCUT2D eigenvalue weighted by molar-refractivity contribution is -0.117. The highest BCUT2D eigenvalue weighted by Gasteiger charge is 2.19. The summed E-state index contributed by atoms with van der Waals surface area (Å²) >= 11 is 11.8. The number of aryl methyl sites for hydroxylation is 3. The van der Waals surface area contributed by atoms with Crippen LogP contribution in [0.4, 0.5) is 22.7 Å². The number of primary amides is 1. The molecule has 0 aliphatic carbocycles. The fourth-order valence-corrected chi connectivity index (χ4v) is 5.36. The van der Waals surface area contributed by atoms with E-state index in [1.54, 1.807) is 71.6 Å². The predicted molar refractivity (Wildman–Crippen MR) is 186 cm³/mol. The first-order chi connectivity index (χ1) is 22.9. The smallest absolute Gasteiger partial charge is 0.272 e. The van der Waals surface area contributed by atoms with Crippen molar-refractivity contribution in [3.63, 3.8) is 0 Å². The van der Waals surface area contributed by atoms with Gasteiger partial charge in [-0.25, -0.2) is 0 Å². The van der Waals surface area contributed by atoms with Gasteiger partial charge in [0.2, 0.25) is 5.91 Å². The number of rotatable bonds is 15. The topological polar surface area (TPSA) is 178 Å². The molecule has 1 aromatic carbocycles. The average molecular weight is 699 g/mol. The van der Waals surface area contributed by atoms with Crippen LogP contribution in [0.2, 0.25) is 0 Å². The molecule has 0 saturated carbocycles. The summed E-state index contributed by atoms with van der Waals surface area (Å²) in [5.41, 5.74) is 8.44. The lowest BCUT2D eigenvalue weighted by atomic mass is 10.1. The summed E-state index contributed by atoms with van der Waals surface area (Å²) < 4.78 is 4.68. The Morgan fingerprint density at radius 1 is 0.667 bits per heavy atom. The van der Waals surface area contributed by atoms with Crippen LogP contribution in [0.1, 0.15) is 48.2 Å². The number of carbonyl (C=O) groups excluding carboxylic acids is 5. The van der Waals surface area contributed by atoms with Gasteiger partial charge in [0.1, 0.15) is 17.1 Å². The van der Waals surface area contributed by atoms with Crippen molar-refractivity contribution in [3.05, 3.63) is 83.7 Å². The first-order valence-corrected chi connectivity index (χ1v) is 15.9. The SMILES string of the molecule is Cn1cc(NC(=O)c2cc(NC(=O)c3cc(NC(=O)c4ccc(N(CCCl)CCCl)cc4)cn3C)cn2C)cc1C(=O)NCCC(N)=O. The fourth-order valence-electron chi connectivity index (χ4n) is 4.96. The number of amides is 5. The van der Waals surface area contributed by atoms with Crippen molar-refractivity contribution >= 4 is 75.5 Å². The Bertz CT molecular complexity index is 1800. The molecule has 0 spiro atoms. The minimum Gasteiger partial charge on any atom is -0.370 e. The molecular weight excluding hydrogens is 661 g/mol. The van der Waals surface area contributed by atoms with Gasteiger partial charge in [0.05, 0.1) is 17.1 Å². The molecule has 4 rings (SSSR count). The van der Waals surface area contributed by atoms with E-state index >= 15 is 0 Å². The van der Waals surface area contributed by atoms with Gasteiger partial charge in [-0.3, -0.25) is 24.0 Å². The molecule has 0 aliphatic heterocycles. The zero-order valence-corrected chi connectivity index (χ0v) is 28.2. The van der Waals surface area contributed by atoms with Gasteiger partial charge in [-0.15, -0.1) is 23.2 Å². The number of carbonyl (C=O) groups is 5. The minimum absolute atomic E-state index is 0.00866. The highest BCUT2D eigenvalue weighted by Crippen LogP contribution is 2.21. The number of nitrogens with zero attached hydrogens (tertiary/aromatic N) is 4. The van der Waals surface area contributed by atoms with Crippen molar-refractivity contribution in [1.29, 1.82) is 0 Å². The zero-order valence-electron chi connectivity index (χ0n) is 26.7. The Balaban J connectivity index is 1.37. The van der Waals surface area contributed by atoms with Crippen molar-refractivity contribution < 1.29 is 24.0 Å². The maximum absolute atomic E-state index is 13.2. The summed E-state index contributed by atoms with van der Waals surface area (Å²) in [5.74, 6) is -1.31. The summed E-state index contributed by atoms with van der Waals surface area (Å²) in [6.45, 7) is 1.35. The molecule has 0 fully saturated rings. The van der Waals surface area contributed by atoms with E-state index < -0.39 is 23.6 Å². The minimum atomic E-state index is -0.529. The molecule has 5 amide bonds. The highest BCUT2D eigenvalue weighted by atomic mass is 35.5. The van der Waals surface area contributed by atoms with E-state index in [0.29, 0.717) is 47.5 Å². The first kappa shape index (κ1) is 35.6. The van der Waals surface area contributed by atoms with E-state index in [-0.39, 0.29) is 36.0 Å². The maximum Gasteiger partial charge on any atom is 0.272 e. The van der Waals surface area contributed by atoms with Crippen molar-refractivity contribution in [1.82, 2.24) is 19.0 Å². The molecule has 14 nitrogen and oxygen atoms in total. The van der Waals surface area contributed by atoms with E-state index in [1.165, 1.54) is 12.1 Å². The van der Waals surface area contributed by atoms with Crippen LogP contribution >= 0.6 is 23.2 Å². The summed E-state index contributed by atoms with van der Waals surface area (Å²) in [6, 6.07) is 11.7. The molecule has 0 saturated heterocycles. The van der Waals surface area contributed by atoms with Gasteiger partial charge in [-0.2, -0.15) is 0 Å². The molecular formula is C32H37Cl2N9O5. The molecule has 0 unspecified atom stereocenters. The number of nitrogens with one attached hydrogen (secondary N) is 4. The van der Waals surface area contributed by atoms with Crippen molar-refractivity contribution in [2.45, 2.75) is 6.42 Å². The van der Waals surface area contributed by atoms with Gasteiger partial charge < -0.3 is 45.6 Å². The summed E-state index contributed by atoms with van der Waals surface area (Å²) in [4.78, 5) is 64.5. The third-order valence-electron chi connectivity index (χ3n) is 7.35. The quantitative estimate of drug-likeness (QED) is 0.119. The molecule has 0 radical (unpaired) electrons. The molecule has 48 heavy (non-hydrogen) atoms. The number of halogens is 2. The van der Waals surface area contributed by atoms with Gasteiger partial charge in [-0.1, -0.05) is 0 Å². The van der Waals surface area contributed by atoms with Gasteiger partial charge in [-0.05, 0) is 42.5 Å². The van der Waals surface area contributed by atoms with Crippen LogP contribution < -0.4 is 31.9 Å². The average Bonchev–Trinajstić information content (AvgIpc) is 3.71. The zero-order chi connectivity index (χ0) is 35.0. The molecule has 0 bridgehead atoms. The second-order valence-electron chi connectivity index (χ2n) is 10.9. The van der Waals surface area contributed by atoms with Crippen molar-refractivity contribution in [3.8, 4) is 0 Å². The summed E-state index contributed by atoms with van der Waals surface area (Å²) in [7, 11) is 4.98. The lowest BCUT2D eigenvalue weighted by Crippen LogP contribution is -2.29. The van der Waals surface area contributed by atoms with E-state index in [0.717, 1.165) is 5.69 Å². The Hall–Kier alpha value is -5.21. The number of anilines is 4. The fraction of sp³-hybridized carbons (Fsp3) is 0.281. The third-order valence-corrected chi connectivity index (χ3v) is 7.68. The van der Waals surface area contributed by atoms with Crippen LogP contribution in [0.25, 0.3) is 0 Å². The van der Waals surface area contributed by atoms with E-state index in [2.05, 4.69) is 21.3 Å². The molecule has 3 aromatic heterocycles. The predicted octanol–water partition coefficient (Wildman–Crippen LogP) is 3.35. The van der Waals surface area contributed by atoms with Crippen LogP contribution in [0, 0.1) is 0 Å². The Kier molecular flexibility index (Phi) is 11.9. The summed E-state index contributed by atoms with van der Waals surface area (Å²) in [5, 5.41) is 10.9. The van der Waals surface area contributed by atoms with Crippen LogP contribution in [0.15, 0.2) is 61.1 Å². The monoisotopic (exact) mass is 697 g/mol. The molecule has 0 aliphatic rings. The number of benzene rings is 1. The number of hydrogen-bond donors (Lipinski definition) is 5. The molecule has 16 heteroatoms. The van der Waals surface area contributed by atoms with Gasteiger partial charge in [0.15, 0.2) is 0 Å². The van der Waals surface area contributed by atoms with Crippen molar-refractivity contribution in [2.75, 3.05) is 52.2 Å². The summed E-state index contributed by atoms with van der Waals surface area (Å²) in [6.07, 6.45) is 4.80. The first-order valence-electron chi connectivity index (χ1n) is 14.9. The number of nitrogens with two attached hydrogens (primary N) is 1. The number of aromatic nitrogens is 3. The normalized spacial score (nSPS) is 10.8.